The predicted molar refractivity (Wildman–Crippen MR) is 81.5 cm³/mol. The molecule has 0 atom stereocenters. The van der Waals surface area contributed by atoms with Crippen molar-refractivity contribution in [1.82, 2.24) is 0 Å². The first-order chi connectivity index (χ1) is 9.98. The second-order valence-corrected chi connectivity index (χ2v) is 9.59. The number of ether oxygens (including phenoxy) is 2. The molecule has 0 heterocycles. The van der Waals surface area contributed by atoms with E-state index in [0.29, 0.717) is 0 Å². The molecule has 1 N–H and O–H groups in total. The molecule has 0 aliphatic carbocycles. The van der Waals surface area contributed by atoms with Crippen LogP contribution in [0.25, 0.3) is 0 Å². The summed E-state index contributed by atoms with van der Waals surface area (Å²) in [4.78, 5) is 12.4. The van der Waals surface area contributed by atoms with Crippen LogP contribution in [-0.2, 0) is 14.3 Å². The molecule has 4 nitrogen and oxygen atoms in total. The lowest BCUT2D eigenvalue weighted by molar-refractivity contribution is -0.576. The second kappa shape index (κ2) is 7.35. The summed E-state index contributed by atoms with van der Waals surface area (Å²) in [6.07, 6.45) is 0. The van der Waals surface area contributed by atoms with Crippen molar-refractivity contribution in [3.63, 3.8) is 0 Å². The van der Waals surface area contributed by atoms with Crippen molar-refractivity contribution in [2.45, 2.75) is 52.7 Å². The van der Waals surface area contributed by atoms with Crippen LogP contribution in [0.4, 0.5) is 0 Å². The van der Waals surface area contributed by atoms with E-state index in [-0.39, 0.29) is 9.53 Å². The van der Waals surface area contributed by atoms with Gasteiger partial charge < -0.3 is 14.6 Å². The minimum atomic E-state index is -0.899. The molecule has 1 rings (SSSR count). The first kappa shape index (κ1) is 18.8. The van der Waals surface area contributed by atoms with Gasteiger partial charge in [-0.3, -0.25) is 0 Å². The van der Waals surface area contributed by atoms with Gasteiger partial charge in [0.1, 0.15) is 11.2 Å². The number of benzene rings is 1. The number of carbonyl (C=O) groups excluding carboxylic acids is 1. The summed E-state index contributed by atoms with van der Waals surface area (Å²) in [6, 6.07) is 9.59. The number of aliphatic hydroxyl groups is 1. The number of hydrogen-bond acceptors (Lipinski definition) is 4. The molecule has 0 amide bonds. The average molecular weight is 419 g/mol. The summed E-state index contributed by atoms with van der Waals surface area (Å²) >= 11 is -0.899. The zero-order valence-corrected chi connectivity index (χ0v) is 16.1. The highest BCUT2D eigenvalue weighted by Gasteiger charge is 2.38. The molecule has 122 valence electrons. The molecule has 0 saturated heterocycles. The van der Waals surface area contributed by atoms with E-state index >= 15 is 0 Å². The van der Waals surface area contributed by atoms with E-state index in [1.807, 2.05) is 51.1 Å². The third kappa shape index (κ3) is 7.15. The number of esters is 1. The Morgan fingerprint density at radius 2 is 1.45 bits per heavy atom. The van der Waals surface area contributed by atoms with Crippen LogP contribution in [0.1, 0.15) is 41.5 Å². The van der Waals surface area contributed by atoms with Crippen molar-refractivity contribution >= 4 is 5.97 Å². The van der Waals surface area contributed by atoms with Gasteiger partial charge in [-0.2, -0.15) is 0 Å². The summed E-state index contributed by atoms with van der Waals surface area (Å²) < 4.78 is 12.1. The van der Waals surface area contributed by atoms with Crippen LogP contribution in [-0.4, -0.2) is 22.3 Å². The summed E-state index contributed by atoms with van der Waals surface area (Å²) in [7, 11) is 0. The van der Waals surface area contributed by atoms with Crippen LogP contribution >= 0.6 is 0 Å². The van der Waals surface area contributed by atoms with Crippen molar-refractivity contribution in [2.24, 2.45) is 0 Å². The number of hydrogen-bond donors (Lipinski definition) is 1. The molecule has 0 bridgehead atoms. The maximum absolute atomic E-state index is 12.4. The number of aliphatic hydroxyl groups excluding tert-OH is 1. The van der Waals surface area contributed by atoms with Gasteiger partial charge in [0.2, 0.25) is 0 Å². The Hall–Kier alpha value is -1.24. The molecule has 0 aromatic heterocycles. The quantitative estimate of drug-likeness (QED) is 0.340. The SMILES string of the molecule is CC(C)(C)OC(=O)/C([I+]c1ccccc1)=C(\O)OC(C)(C)C. The van der Waals surface area contributed by atoms with Crippen LogP contribution in [0.5, 0.6) is 0 Å². The fourth-order valence-corrected chi connectivity index (χ4v) is 3.48. The second-order valence-electron chi connectivity index (χ2n) is 6.73. The van der Waals surface area contributed by atoms with Gasteiger partial charge in [0.05, 0.1) is 0 Å². The predicted octanol–water partition coefficient (Wildman–Crippen LogP) is 0.829. The Morgan fingerprint density at radius 1 is 0.955 bits per heavy atom. The van der Waals surface area contributed by atoms with Gasteiger partial charge in [-0.25, -0.2) is 4.79 Å². The molecule has 1 aromatic rings. The van der Waals surface area contributed by atoms with E-state index in [4.69, 9.17) is 9.47 Å². The van der Waals surface area contributed by atoms with Gasteiger partial charge in [-0.05, 0) is 53.7 Å². The Balaban J connectivity index is 3.09. The highest BCUT2D eigenvalue weighted by atomic mass is 127. The first-order valence-corrected chi connectivity index (χ1v) is 9.19. The van der Waals surface area contributed by atoms with E-state index in [2.05, 4.69) is 0 Å². The van der Waals surface area contributed by atoms with Crippen LogP contribution in [0.3, 0.4) is 0 Å². The number of rotatable bonds is 4. The van der Waals surface area contributed by atoms with Crippen molar-refractivity contribution < 1.29 is 40.6 Å². The zero-order valence-electron chi connectivity index (χ0n) is 13.9. The van der Waals surface area contributed by atoms with E-state index in [1.54, 1.807) is 20.8 Å². The highest BCUT2D eigenvalue weighted by Crippen LogP contribution is 2.14. The maximum Gasteiger partial charge on any atom is 0.393 e. The van der Waals surface area contributed by atoms with Gasteiger partial charge in [-0.15, -0.1) is 0 Å². The molecule has 1 aromatic carbocycles. The van der Waals surface area contributed by atoms with E-state index < -0.39 is 38.4 Å². The average Bonchev–Trinajstić information content (AvgIpc) is 2.32. The van der Waals surface area contributed by atoms with Crippen LogP contribution < -0.4 is 21.2 Å². The Morgan fingerprint density at radius 3 is 1.91 bits per heavy atom. The molecule has 0 aliphatic rings. The Labute approximate surface area is 142 Å². The molecule has 0 spiro atoms. The maximum atomic E-state index is 12.4. The molecule has 0 saturated carbocycles. The fourth-order valence-electron chi connectivity index (χ4n) is 1.41. The molecular weight excluding hydrogens is 395 g/mol. The smallest absolute Gasteiger partial charge is 0.393 e. The minimum absolute atomic E-state index is 0.231. The van der Waals surface area contributed by atoms with Crippen molar-refractivity contribution in [3.8, 4) is 0 Å². The fraction of sp³-hybridized carbons (Fsp3) is 0.471. The number of carbonyl (C=O) groups is 1. The van der Waals surface area contributed by atoms with Crippen molar-refractivity contribution in [1.29, 1.82) is 0 Å². The molecular formula is C17H24IO4+. The van der Waals surface area contributed by atoms with Gasteiger partial charge in [0, 0.05) is 0 Å². The summed E-state index contributed by atoms with van der Waals surface area (Å²) in [5.41, 5.74) is -1.21. The first-order valence-electron chi connectivity index (χ1n) is 7.03. The van der Waals surface area contributed by atoms with E-state index in [1.165, 1.54) is 0 Å². The Kier molecular flexibility index (Phi) is 6.28. The molecule has 0 unspecified atom stereocenters. The lowest BCUT2D eigenvalue weighted by atomic mass is 10.2. The van der Waals surface area contributed by atoms with Gasteiger partial charge >= 0.3 is 36.7 Å². The highest BCUT2D eigenvalue weighted by molar-refractivity contribution is 5.85. The van der Waals surface area contributed by atoms with E-state index in [0.717, 1.165) is 3.57 Å². The molecule has 0 fully saturated rings. The van der Waals surface area contributed by atoms with E-state index in [9.17, 15) is 9.90 Å². The third-order valence-corrected chi connectivity index (χ3v) is 4.89. The summed E-state index contributed by atoms with van der Waals surface area (Å²) in [5.74, 6) is -0.857. The largest absolute Gasteiger partial charge is 0.477 e. The van der Waals surface area contributed by atoms with Crippen LogP contribution in [0.2, 0.25) is 0 Å². The minimum Gasteiger partial charge on any atom is -0.477 e. The van der Waals surface area contributed by atoms with Gasteiger partial charge in [0.25, 0.3) is 0 Å². The zero-order chi connectivity index (χ0) is 17.0. The normalized spacial score (nSPS) is 13.4. The standard InChI is InChI=1S/C17H23IO4/c1-16(2,3)21-14(19)13(15(20)22-17(4,5)6)18-12-10-8-7-9-11-12/h7-11H,1-6H3/p+1. The summed E-state index contributed by atoms with van der Waals surface area (Å²) in [6.45, 7) is 10.8. The van der Waals surface area contributed by atoms with Crippen molar-refractivity contribution in [2.75, 3.05) is 0 Å². The monoisotopic (exact) mass is 419 g/mol. The third-order valence-electron chi connectivity index (χ3n) is 2.11. The molecule has 0 aliphatic heterocycles. The van der Waals surface area contributed by atoms with Crippen LogP contribution in [0.15, 0.2) is 39.9 Å². The molecule has 22 heavy (non-hydrogen) atoms. The summed E-state index contributed by atoms with van der Waals surface area (Å²) in [5, 5.41) is 10.3. The Bertz CT molecular complexity index is 536. The lowest BCUT2D eigenvalue weighted by Crippen LogP contribution is -3.61. The van der Waals surface area contributed by atoms with Crippen LogP contribution in [0, 0.1) is 3.57 Å². The van der Waals surface area contributed by atoms with Crippen molar-refractivity contribution in [3.05, 3.63) is 43.4 Å². The van der Waals surface area contributed by atoms with Gasteiger partial charge in [0.15, 0.2) is 3.57 Å². The topological polar surface area (TPSA) is 55.8 Å². The number of halogens is 1. The molecule has 0 radical (unpaired) electrons. The molecule has 5 heteroatoms. The lowest BCUT2D eigenvalue weighted by Gasteiger charge is -2.21. The van der Waals surface area contributed by atoms with Gasteiger partial charge in [-0.1, -0.05) is 18.2 Å².